The summed E-state index contributed by atoms with van der Waals surface area (Å²) in [5.41, 5.74) is 2.83. The van der Waals surface area contributed by atoms with Crippen LogP contribution < -0.4 is 0 Å². The van der Waals surface area contributed by atoms with Crippen LogP contribution in [-0.4, -0.2) is 14.8 Å². The summed E-state index contributed by atoms with van der Waals surface area (Å²) in [7, 11) is 0. The van der Waals surface area contributed by atoms with E-state index in [4.69, 9.17) is 5.26 Å². The normalized spacial score (nSPS) is 10.4. The molecule has 0 aliphatic carbocycles. The van der Waals surface area contributed by atoms with Crippen molar-refractivity contribution in [3.05, 3.63) is 76.8 Å². The molecule has 6 heteroatoms. The maximum Gasteiger partial charge on any atom is 0.192 e. The van der Waals surface area contributed by atoms with Crippen molar-refractivity contribution in [3.63, 3.8) is 0 Å². The predicted molar refractivity (Wildman–Crippen MR) is 104 cm³/mol. The number of nitriles is 1. The Kier molecular flexibility index (Phi) is 5.69. The first-order chi connectivity index (χ1) is 12.2. The average Bonchev–Trinajstić information content (AvgIpc) is 3.04. The Morgan fingerprint density at radius 1 is 1.12 bits per heavy atom. The quantitative estimate of drug-likeness (QED) is 0.420. The van der Waals surface area contributed by atoms with E-state index < -0.39 is 0 Å². The van der Waals surface area contributed by atoms with Crippen LogP contribution in [-0.2, 0) is 12.3 Å². The van der Waals surface area contributed by atoms with Gasteiger partial charge in [0.2, 0.25) is 0 Å². The molecule has 0 radical (unpaired) electrons. The minimum atomic E-state index is 0.647. The molecule has 0 N–H and O–H groups in total. The van der Waals surface area contributed by atoms with Gasteiger partial charge in [-0.25, -0.2) is 0 Å². The molecular weight excluding hydrogens is 396 g/mol. The lowest BCUT2D eigenvalue weighted by atomic mass is 10.2. The molecule has 0 bridgehead atoms. The molecule has 0 unspecified atom stereocenters. The summed E-state index contributed by atoms with van der Waals surface area (Å²) < 4.78 is 3.09. The number of halogens is 1. The van der Waals surface area contributed by atoms with Gasteiger partial charge in [-0.15, -0.1) is 16.8 Å². The molecule has 25 heavy (non-hydrogen) atoms. The van der Waals surface area contributed by atoms with Gasteiger partial charge in [0.25, 0.3) is 0 Å². The molecular formula is C19H15BrN4S. The Bertz CT molecular complexity index is 908. The summed E-state index contributed by atoms with van der Waals surface area (Å²) in [5.74, 6) is 1.59. The molecule has 1 heterocycles. The summed E-state index contributed by atoms with van der Waals surface area (Å²) in [6, 6.07) is 17.7. The molecule has 1 aromatic heterocycles. The number of hydrogen-bond donors (Lipinski definition) is 0. The van der Waals surface area contributed by atoms with E-state index in [9.17, 15) is 0 Å². The zero-order valence-electron chi connectivity index (χ0n) is 13.4. The van der Waals surface area contributed by atoms with Gasteiger partial charge in [-0.3, -0.25) is 4.57 Å². The average molecular weight is 411 g/mol. The van der Waals surface area contributed by atoms with Crippen LogP contribution in [0.1, 0.15) is 11.1 Å². The van der Waals surface area contributed by atoms with Crippen molar-refractivity contribution < 1.29 is 0 Å². The molecule has 0 fully saturated rings. The number of hydrogen-bond acceptors (Lipinski definition) is 4. The highest BCUT2D eigenvalue weighted by atomic mass is 79.9. The van der Waals surface area contributed by atoms with Gasteiger partial charge in [-0.2, -0.15) is 5.26 Å². The topological polar surface area (TPSA) is 54.5 Å². The fourth-order valence-electron chi connectivity index (χ4n) is 2.33. The second-order valence-corrected chi connectivity index (χ2v) is 7.17. The van der Waals surface area contributed by atoms with Crippen LogP contribution >= 0.6 is 27.7 Å². The number of nitrogens with zero attached hydrogens (tertiary/aromatic N) is 4. The van der Waals surface area contributed by atoms with E-state index >= 15 is 0 Å². The van der Waals surface area contributed by atoms with Crippen molar-refractivity contribution in [2.75, 3.05) is 0 Å². The number of rotatable bonds is 6. The second kappa shape index (κ2) is 8.15. The van der Waals surface area contributed by atoms with Gasteiger partial charge in [-0.1, -0.05) is 58.0 Å². The van der Waals surface area contributed by atoms with E-state index in [-0.39, 0.29) is 0 Å². The zero-order chi connectivity index (χ0) is 17.6. The van der Waals surface area contributed by atoms with E-state index in [1.54, 1.807) is 11.8 Å². The molecule has 3 aromatic rings. The van der Waals surface area contributed by atoms with E-state index in [0.717, 1.165) is 32.3 Å². The van der Waals surface area contributed by atoms with Crippen LogP contribution in [0.3, 0.4) is 0 Å². The minimum absolute atomic E-state index is 0.647. The van der Waals surface area contributed by atoms with Gasteiger partial charge in [-0.05, 0) is 29.8 Å². The molecule has 2 aromatic carbocycles. The van der Waals surface area contributed by atoms with E-state index in [1.165, 1.54) is 0 Å². The van der Waals surface area contributed by atoms with Crippen molar-refractivity contribution in [3.8, 4) is 17.5 Å². The standard InChI is InChI=1S/C19H15BrN4S/c1-2-11-24-18(16-7-9-17(20)10-8-16)22-23-19(24)25-13-15-5-3-14(12-21)4-6-15/h2-10H,1,11,13H2. The third-order valence-corrected chi connectivity index (χ3v) is 5.15. The van der Waals surface area contributed by atoms with Crippen LogP contribution in [0.25, 0.3) is 11.4 Å². The molecule has 0 spiro atoms. The highest BCUT2D eigenvalue weighted by Gasteiger charge is 2.13. The number of thioether (sulfide) groups is 1. The van der Waals surface area contributed by atoms with Crippen molar-refractivity contribution in [2.45, 2.75) is 17.5 Å². The lowest BCUT2D eigenvalue weighted by Gasteiger charge is -2.08. The highest BCUT2D eigenvalue weighted by Crippen LogP contribution is 2.27. The molecule has 0 aliphatic heterocycles. The van der Waals surface area contributed by atoms with Gasteiger partial charge < -0.3 is 0 Å². The van der Waals surface area contributed by atoms with Gasteiger partial charge >= 0.3 is 0 Å². The lowest BCUT2D eigenvalue weighted by molar-refractivity contribution is 0.731. The summed E-state index contributed by atoms with van der Waals surface area (Å²) in [4.78, 5) is 0. The molecule has 3 rings (SSSR count). The monoisotopic (exact) mass is 410 g/mol. The van der Waals surface area contributed by atoms with Gasteiger partial charge in [0.1, 0.15) is 0 Å². The maximum atomic E-state index is 8.87. The molecule has 0 saturated carbocycles. The predicted octanol–water partition coefficient (Wildman–Crippen LogP) is 5.06. The molecule has 0 aliphatic rings. The van der Waals surface area contributed by atoms with Crippen molar-refractivity contribution in [1.29, 1.82) is 5.26 Å². The number of allylic oxidation sites excluding steroid dienone is 1. The first-order valence-electron chi connectivity index (χ1n) is 7.63. The lowest BCUT2D eigenvalue weighted by Crippen LogP contribution is -2.00. The van der Waals surface area contributed by atoms with Crippen LogP contribution in [0, 0.1) is 11.3 Å². The number of benzene rings is 2. The van der Waals surface area contributed by atoms with Crippen LogP contribution in [0.2, 0.25) is 0 Å². The molecule has 0 amide bonds. The Hall–Kier alpha value is -2.36. The Morgan fingerprint density at radius 2 is 1.84 bits per heavy atom. The van der Waals surface area contributed by atoms with Gasteiger partial charge in [0, 0.05) is 22.3 Å². The highest BCUT2D eigenvalue weighted by molar-refractivity contribution is 9.10. The minimum Gasteiger partial charge on any atom is -0.298 e. The van der Waals surface area contributed by atoms with Crippen molar-refractivity contribution >= 4 is 27.7 Å². The summed E-state index contributed by atoms with van der Waals surface area (Å²) >= 11 is 5.07. The smallest absolute Gasteiger partial charge is 0.192 e. The Balaban J connectivity index is 1.82. The van der Waals surface area contributed by atoms with Crippen LogP contribution in [0.15, 0.2) is 70.8 Å². The second-order valence-electron chi connectivity index (χ2n) is 5.31. The summed E-state index contributed by atoms with van der Waals surface area (Å²) in [6.45, 7) is 4.49. The first kappa shape index (κ1) is 17.5. The van der Waals surface area contributed by atoms with Gasteiger partial charge in [0.05, 0.1) is 11.6 Å². The Labute approximate surface area is 159 Å². The summed E-state index contributed by atoms with van der Waals surface area (Å²) in [6.07, 6.45) is 1.84. The molecule has 0 atom stereocenters. The Morgan fingerprint density at radius 3 is 2.48 bits per heavy atom. The van der Waals surface area contributed by atoms with E-state index in [2.05, 4.69) is 43.3 Å². The molecule has 4 nitrogen and oxygen atoms in total. The fourth-order valence-corrected chi connectivity index (χ4v) is 3.49. The van der Waals surface area contributed by atoms with Crippen LogP contribution in [0.4, 0.5) is 0 Å². The van der Waals surface area contributed by atoms with E-state index in [0.29, 0.717) is 12.1 Å². The van der Waals surface area contributed by atoms with Crippen LogP contribution in [0.5, 0.6) is 0 Å². The third kappa shape index (κ3) is 4.19. The SMILES string of the molecule is C=CCn1c(SCc2ccc(C#N)cc2)nnc1-c1ccc(Br)cc1. The summed E-state index contributed by atoms with van der Waals surface area (Å²) in [5, 5.41) is 18.4. The third-order valence-electron chi connectivity index (χ3n) is 3.58. The first-order valence-corrected chi connectivity index (χ1v) is 9.41. The van der Waals surface area contributed by atoms with Crippen molar-refractivity contribution in [1.82, 2.24) is 14.8 Å². The maximum absolute atomic E-state index is 8.87. The van der Waals surface area contributed by atoms with E-state index in [1.807, 2.05) is 54.6 Å². The fraction of sp³-hybridized carbons (Fsp3) is 0.105. The zero-order valence-corrected chi connectivity index (χ0v) is 15.8. The number of aromatic nitrogens is 3. The largest absolute Gasteiger partial charge is 0.298 e. The van der Waals surface area contributed by atoms with Crippen molar-refractivity contribution in [2.24, 2.45) is 0 Å². The molecule has 124 valence electrons. The van der Waals surface area contributed by atoms with Gasteiger partial charge in [0.15, 0.2) is 11.0 Å². The molecule has 0 saturated heterocycles.